The molecular formula is C30H24N2O6S. The second-order valence-corrected chi connectivity index (χ2v) is 10.2. The summed E-state index contributed by atoms with van der Waals surface area (Å²) in [4.78, 5) is 33.2. The zero-order valence-corrected chi connectivity index (χ0v) is 21.9. The number of aliphatic hydroxyl groups is 1. The molecule has 3 aromatic carbocycles. The number of hydrogen-bond acceptors (Lipinski definition) is 8. The second-order valence-electron chi connectivity index (χ2n) is 9.17. The van der Waals surface area contributed by atoms with E-state index in [1.165, 1.54) is 16.2 Å². The lowest BCUT2D eigenvalue weighted by Gasteiger charge is -2.23. The highest BCUT2D eigenvalue weighted by Gasteiger charge is 2.48. The number of aromatic nitrogens is 1. The largest absolute Gasteiger partial charge is 0.507 e. The first kappa shape index (κ1) is 24.7. The average Bonchev–Trinajstić information content (AvgIpc) is 3.48. The third kappa shape index (κ3) is 4.40. The minimum absolute atomic E-state index is 0.0482. The quantitative estimate of drug-likeness (QED) is 0.148. The number of aliphatic hydroxyl groups excluding tert-OH is 1. The van der Waals surface area contributed by atoms with Crippen LogP contribution in [0.3, 0.4) is 0 Å². The van der Waals surface area contributed by atoms with Crippen molar-refractivity contribution in [2.75, 3.05) is 24.7 Å². The molecule has 1 aromatic heterocycles. The van der Waals surface area contributed by atoms with Crippen LogP contribution in [0.4, 0.5) is 5.13 Å². The number of fused-ring (bicyclic) bond motifs is 2. The van der Waals surface area contributed by atoms with E-state index in [9.17, 15) is 14.7 Å². The first-order valence-electron chi connectivity index (χ1n) is 12.4. The van der Waals surface area contributed by atoms with E-state index in [1.54, 1.807) is 48.5 Å². The fraction of sp³-hybridized carbons (Fsp3) is 0.167. The maximum atomic E-state index is 13.6. The van der Waals surface area contributed by atoms with E-state index < -0.39 is 17.7 Å². The Balaban J connectivity index is 1.53. The molecule has 1 unspecified atom stereocenters. The number of carbonyl (C=O) groups excluding carboxylic acids is 2. The molecule has 0 saturated carbocycles. The molecule has 1 amide bonds. The predicted molar refractivity (Wildman–Crippen MR) is 149 cm³/mol. The molecule has 9 heteroatoms. The number of Topliss-reactive ketones (excluding diaryl/α,β-unsaturated/α-hetero) is 1. The SMILES string of the molecule is C=CCOc1cccc(C2C(=C(O)c3ccc4c(c3)OCCO4)C(=O)C(=O)N2c2nc3ccc(C)cc3s2)c1. The van der Waals surface area contributed by atoms with Gasteiger partial charge in [0.1, 0.15) is 31.3 Å². The molecule has 3 heterocycles. The summed E-state index contributed by atoms with van der Waals surface area (Å²) < 4.78 is 17.9. The van der Waals surface area contributed by atoms with Crippen LogP contribution >= 0.6 is 11.3 Å². The van der Waals surface area contributed by atoms with Crippen molar-refractivity contribution in [1.29, 1.82) is 0 Å². The van der Waals surface area contributed by atoms with Gasteiger partial charge in [0.05, 0.1) is 21.8 Å². The summed E-state index contributed by atoms with van der Waals surface area (Å²) in [6.07, 6.45) is 1.63. The van der Waals surface area contributed by atoms with Gasteiger partial charge in [-0.3, -0.25) is 14.5 Å². The molecule has 6 rings (SSSR count). The monoisotopic (exact) mass is 540 g/mol. The van der Waals surface area contributed by atoms with E-state index in [1.807, 2.05) is 25.1 Å². The molecule has 196 valence electrons. The number of carbonyl (C=O) groups is 2. The van der Waals surface area contributed by atoms with Gasteiger partial charge >= 0.3 is 5.91 Å². The Bertz CT molecular complexity index is 1670. The van der Waals surface area contributed by atoms with Crippen LogP contribution in [-0.4, -0.2) is 41.6 Å². The van der Waals surface area contributed by atoms with E-state index in [0.717, 1.165) is 15.8 Å². The van der Waals surface area contributed by atoms with E-state index in [-0.39, 0.29) is 17.9 Å². The number of thiazole rings is 1. The van der Waals surface area contributed by atoms with Crippen LogP contribution in [0, 0.1) is 6.92 Å². The molecule has 2 aliphatic heterocycles. The third-order valence-electron chi connectivity index (χ3n) is 6.54. The Kier molecular flexibility index (Phi) is 6.28. The molecule has 2 aliphatic rings. The van der Waals surface area contributed by atoms with E-state index in [2.05, 4.69) is 11.6 Å². The normalized spacial score (nSPS) is 18.0. The number of anilines is 1. The highest BCUT2D eigenvalue weighted by atomic mass is 32.1. The summed E-state index contributed by atoms with van der Waals surface area (Å²) in [7, 11) is 0. The Morgan fingerprint density at radius 1 is 1.13 bits per heavy atom. The zero-order chi connectivity index (χ0) is 27.1. The van der Waals surface area contributed by atoms with Crippen LogP contribution in [-0.2, 0) is 9.59 Å². The molecule has 1 saturated heterocycles. The highest BCUT2D eigenvalue weighted by molar-refractivity contribution is 7.22. The van der Waals surface area contributed by atoms with Crippen molar-refractivity contribution in [3.05, 3.63) is 95.6 Å². The molecule has 0 radical (unpaired) electrons. The van der Waals surface area contributed by atoms with Gasteiger partial charge in [0.2, 0.25) is 0 Å². The van der Waals surface area contributed by atoms with Gasteiger partial charge in [0.15, 0.2) is 16.6 Å². The number of rotatable bonds is 6. The molecule has 8 nitrogen and oxygen atoms in total. The maximum Gasteiger partial charge on any atom is 0.301 e. The zero-order valence-electron chi connectivity index (χ0n) is 21.0. The lowest BCUT2D eigenvalue weighted by Crippen LogP contribution is -2.29. The smallest absolute Gasteiger partial charge is 0.301 e. The van der Waals surface area contributed by atoms with Gasteiger partial charge in [-0.25, -0.2) is 4.98 Å². The number of hydrogen-bond donors (Lipinski definition) is 1. The summed E-state index contributed by atoms with van der Waals surface area (Å²) in [6.45, 7) is 6.75. The Labute approximate surface area is 228 Å². The molecule has 0 bridgehead atoms. The maximum absolute atomic E-state index is 13.6. The van der Waals surface area contributed by atoms with Gasteiger partial charge in [0.25, 0.3) is 5.78 Å². The second kappa shape index (κ2) is 9.92. The number of ketones is 1. The Morgan fingerprint density at radius 3 is 2.77 bits per heavy atom. The van der Waals surface area contributed by atoms with Gasteiger partial charge in [0, 0.05) is 5.56 Å². The molecular weight excluding hydrogens is 516 g/mol. The van der Waals surface area contributed by atoms with Crippen LogP contribution in [0.1, 0.15) is 22.7 Å². The molecule has 0 aliphatic carbocycles. The topological polar surface area (TPSA) is 98.2 Å². The van der Waals surface area contributed by atoms with Crippen molar-refractivity contribution in [3.8, 4) is 17.2 Å². The number of aryl methyl sites for hydroxylation is 1. The van der Waals surface area contributed by atoms with Crippen molar-refractivity contribution in [2.45, 2.75) is 13.0 Å². The molecule has 4 aromatic rings. The number of ether oxygens (including phenoxy) is 3. The van der Waals surface area contributed by atoms with Gasteiger partial charge in [-0.1, -0.05) is 42.2 Å². The molecule has 1 fully saturated rings. The first-order valence-corrected chi connectivity index (χ1v) is 13.2. The van der Waals surface area contributed by atoms with Crippen LogP contribution in [0.2, 0.25) is 0 Å². The third-order valence-corrected chi connectivity index (χ3v) is 7.56. The Hall–Kier alpha value is -4.63. The fourth-order valence-corrected chi connectivity index (χ4v) is 5.83. The standard InChI is InChI=1S/C30H24N2O6S/c1-3-11-36-20-6-4-5-18(15-20)26-25(27(33)19-8-10-22-23(16-19)38-13-12-37-22)28(34)29(35)32(26)30-31-21-9-7-17(2)14-24(21)39-30/h3-10,14-16,26,33H,1,11-13H2,2H3. The number of benzene rings is 3. The minimum atomic E-state index is -0.938. The van der Waals surface area contributed by atoms with Crippen LogP contribution in [0.5, 0.6) is 17.2 Å². The lowest BCUT2D eigenvalue weighted by molar-refractivity contribution is -0.132. The molecule has 39 heavy (non-hydrogen) atoms. The van der Waals surface area contributed by atoms with Crippen LogP contribution in [0.15, 0.2) is 78.9 Å². The van der Waals surface area contributed by atoms with Crippen molar-refractivity contribution in [1.82, 2.24) is 4.98 Å². The summed E-state index contributed by atoms with van der Waals surface area (Å²) in [5.41, 5.74) is 2.65. The van der Waals surface area contributed by atoms with E-state index in [0.29, 0.717) is 46.7 Å². The number of amides is 1. The van der Waals surface area contributed by atoms with Crippen molar-refractivity contribution >= 4 is 44.1 Å². The first-order chi connectivity index (χ1) is 18.9. The number of nitrogens with zero attached hydrogens (tertiary/aromatic N) is 2. The predicted octanol–water partition coefficient (Wildman–Crippen LogP) is 5.57. The van der Waals surface area contributed by atoms with Crippen molar-refractivity contribution in [2.24, 2.45) is 0 Å². The van der Waals surface area contributed by atoms with Crippen molar-refractivity contribution in [3.63, 3.8) is 0 Å². The van der Waals surface area contributed by atoms with Gasteiger partial charge in [-0.05, 0) is 60.5 Å². The average molecular weight is 541 g/mol. The van der Waals surface area contributed by atoms with E-state index in [4.69, 9.17) is 14.2 Å². The van der Waals surface area contributed by atoms with Crippen molar-refractivity contribution < 1.29 is 28.9 Å². The molecule has 1 N–H and O–H groups in total. The van der Waals surface area contributed by atoms with Gasteiger partial charge < -0.3 is 19.3 Å². The summed E-state index contributed by atoms with van der Waals surface area (Å²) in [5, 5.41) is 11.9. The lowest BCUT2D eigenvalue weighted by atomic mass is 9.95. The summed E-state index contributed by atoms with van der Waals surface area (Å²) in [6, 6.07) is 16.9. The summed E-state index contributed by atoms with van der Waals surface area (Å²) in [5.74, 6) is -0.346. The van der Waals surface area contributed by atoms with Crippen LogP contribution < -0.4 is 19.1 Å². The fourth-order valence-electron chi connectivity index (χ4n) is 4.74. The van der Waals surface area contributed by atoms with Gasteiger partial charge in [-0.2, -0.15) is 0 Å². The Morgan fingerprint density at radius 2 is 1.95 bits per heavy atom. The summed E-state index contributed by atoms with van der Waals surface area (Å²) >= 11 is 1.32. The molecule has 1 atom stereocenters. The van der Waals surface area contributed by atoms with Crippen LogP contribution in [0.25, 0.3) is 16.0 Å². The minimum Gasteiger partial charge on any atom is -0.507 e. The van der Waals surface area contributed by atoms with Gasteiger partial charge in [-0.15, -0.1) is 0 Å². The van der Waals surface area contributed by atoms with E-state index >= 15 is 0 Å². The highest BCUT2D eigenvalue weighted by Crippen LogP contribution is 2.45. The molecule has 0 spiro atoms.